The van der Waals surface area contributed by atoms with Crippen LogP contribution >= 0.6 is 0 Å². The van der Waals surface area contributed by atoms with E-state index in [1.807, 2.05) is 36.9 Å². The van der Waals surface area contributed by atoms with Gasteiger partial charge in [0.15, 0.2) is 5.76 Å². The fourth-order valence-corrected chi connectivity index (χ4v) is 4.82. The molecule has 1 amide bonds. The average molecular weight is 311 g/mol. The predicted molar refractivity (Wildman–Crippen MR) is 89.4 cm³/mol. The number of hydrogen-bond acceptors (Lipinski definition) is 2. The molecule has 4 bridgehead atoms. The van der Waals surface area contributed by atoms with Crippen molar-refractivity contribution in [2.75, 3.05) is 13.1 Å². The fourth-order valence-electron chi connectivity index (χ4n) is 4.82. The predicted octanol–water partition coefficient (Wildman–Crippen LogP) is 3.61. The Morgan fingerprint density at radius 1 is 1.13 bits per heavy atom. The summed E-state index contributed by atoms with van der Waals surface area (Å²) in [5.41, 5.74) is 2.48. The molecule has 4 aliphatic carbocycles. The second kappa shape index (κ2) is 5.70. The van der Waals surface area contributed by atoms with E-state index in [-0.39, 0.29) is 5.91 Å². The monoisotopic (exact) mass is 311 g/mol. The van der Waals surface area contributed by atoms with E-state index < -0.39 is 0 Å². The molecule has 0 heterocycles. The summed E-state index contributed by atoms with van der Waals surface area (Å²) in [5.74, 6) is 3.75. The van der Waals surface area contributed by atoms with Crippen LogP contribution in [0.1, 0.15) is 32.3 Å². The summed E-state index contributed by atoms with van der Waals surface area (Å²) in [6.45, 7) is 6.04. The lowest BCUT2D eigenvalue weighted by Crippen LogP contribution is -2.33. The van der Waals surface area contributed by atoms with Crippen molar-refractivity contribution in [3.8, 4) is 0 Å². The molecule has 0 radical (unpaired) electrons. The van der Waals surface area contributed by atoms with Gasteiger partial charge < -0.3 is 9.64 Å². The molecule has 0 aromatic heterocycles. The summed E-state index contributed by atoms with van der Waals surface area (Å²) in [6, 6.07) is 10.1. The molecule has 0 spiro atoms. The number of nitrogens with zero attached hydrogens (tertiary/aromatic N) is 1. The molecule has 4 fully saturated rings. The van der Waals surface area contributed by atoms with E-state index in [1.54, 1.807) is 0 Å². The highest BCUT2D eigenvalue weighted by molar-refractivity contribution is 5.92. The van der Waals surface area contributed by atoms with Crippen LogP contribution in [-0.4, -0.2) is 23.9 Å². The Morgan fingerprint density at radius 3 is 2.30 bits per heavy atom. The van der Waals surface area contributed by atoms with E-state index in [2.05, 4.69) is 12.1 Å². The third-order valence-corrected chi connectivity index (χ3v) is 5.98. The van der Waals surface area contributed by atoms with E-state index in [9.17, 15) is 4.79 Å². The van der Waals surface area contributed by atoms with Gasteiger partial charge in [0, 0.05) is 13.1 Å². The van der Waals surface area contributed by atoms with Gasteiger partial charge in [-0.05, 0) is 61.5 Å². The minimum absolute atomic E-state index is 0.0964. The van der Waals surface area contributed by atoms with Gasteiger partial charge in [0.2, 0.25) is 0 Å². The van der Waals surface area contributed by atoms with E-state index in [1.165, 1.54) is 18.4 Å². The molecule has 2 atom stereocenters. The van der Waals surface area contributed by atoms with Crippen LogP contribution in [0.5, 0.6) is 0 Å². The number of carbonyl (C=O) groups is 1. The van der Waals surface area contributed by atoms with Gasteiger partial charge in [0.25, 0.3) is 5.91 Å². The lowest BCUT2D eigenvalue weighted by Gasteiger charge is -2.23. The first-order valence-electron chi connectivity index (χ1n) is 8.94. The highest BCUT2D eigenvalue weighted by Gasteiger charge is 2.67. The third-order valence-electron chi connectivity index (χ3n) is 5.98. The third kappa shape index (κ3) is 2.37. The molecule has 0 aliphatic heterocycles. The van der Waals surface area contributed by atoms with Crippen LogP contribution in [0.3, 0.4) is 0 Å². The van der Waals surface area contributed by atoms with Crippen molar-refractivity contribution in [2.24, 2.45) is 23.7 Å². The van der Waals surface area contributed by atoms with Crippen molar-refractivity contribution in [1.29, 1.82) is 0 Å². The first-order valence-corrected chi connectivity index (χ1v) is 8.94. The lowest BCUT2D eigenvalue weighted by molar-refractivity contribution is -0.130. The fraction of sp³-hybridized carbons (Fsp3) is 0.550. The van der Waals surface area contributed by atoms with E-state index >= 15 is 0 Å². The van der Waals surface area contributed by atoms with Gasteiger partial charge in [-0.25, -0.2) is 0 Å². The summed E-state index contributed by atoms with van der Waals surface area (Å²) in [7, 11) is 0. The summed E-state index contributed by atoms with van der Waals surface area (Å²) in [6.07, 6.45) is 2.57. The maximum Gasteiger partial charge on any atom is 0.288 e. The Labute approximate surface area is 138 Å². The van der Waals surface area contributed by atoms with Gasteiger partial charge in [0.1, 0.15) is 6.61 Å². The van der Waals surface area contributed by atoms with Crippen LogP contribution in [0.25, 0.3) is 0 Å². The van der Waals surface area contributed by atoms with Crippen molar-refractivity contribution in [3.05, 3.63) is 47.2 Å². The Balaban J connectivity index is 1.60. The Hall–Kier alpha value is -1.77. The Bertz CT molecular complexity index is 616. The van der Waals surface area contributed by atoms with Gasteiger partial charge in [-0.2, -0.15) is 0 Å². The number of rotatable bonds is 6. The van der Waals surface area contributed by atoms with Crippen LogP contribution in [0.4, 0.5) is 0 Å². The zero-order valence-electron chi connectivity index (χ0n) is 14.0. The maximum atomic E-state index is 13.0. The molecular formula is C20H25NO2. The average Bonchev–Trinajstić information content (AvgIpc) is 2.95. The molecule has 23 heavy (non-hydrogen) atoms. The summed E-state index contributed by atoms with van der Waals surface area (Å²) < 4.78 is 6.14. The van der Waals surface area contributed by atoms with E-state index in [0.29, 0.717) is 24.2 Å². The van der Waals surface area contributed by atoms with Crippen molar-refractivity contribution < 1.29 is 9.53 Å². The molecule has 1 aromatic rings. The van der Waals surface area contributed by atoms with Crippen LogP contribution in [0.2, 0.25) is 0 Å². The Kier molecular flexibility index (Phi) is 3.67. The molecule has 0 N–H and O–H groups in total. The minimum atomic E-state index is 0.0964. The van der Waals surface area contributed by atoms with Gasteiger partial charge in [-0.1, -0.05) is 30.3 Å². The highest BCUT2D eigenvalue weighted by atomic mass is 16.5. The number of ether oxygens (including phenoxy) is 1. The first-order chi connectivity index (χ1) is 11.2. The quantitative estimate of drug-likeness (QED) is 0.593. The molecule has 122 valence electrons. The topological polar surface area (TPSA) is 29.5 Å². The SMILES string of the molecule is CCN(CC)C(=O)C(OCc1ccccc1)=C1C2CC3C(C2)C13. The second-order valence-electron chi connectivity index (χ2n) is 7.06. The summed E-state index contributed by atoms with van der Waals surface area (Å²) in [4.78, 5) is 14.9. The molecular weight excluding hydrogens is 286 g/mol. The molecule has 0 saturated heterocycles. The molecule has 2 unspecified atom stereocenters. The van der Waals surface area contributed by atoms with Crippen LogP contribution in [0, 0.1) is 23.7 Å². The first kappa shape index (κ1) is 14.8. The molecule has 3 heteroatoms. The van der Waals surface area contributed by atoms with Crippen LogP contribution in [0.15, 0.2) is 41.7 Å². The van der Waals surface area contributed by atoms with Gasteiger partial charge in [0.05, 0.1) is 0 Å². The molecule has 1 aromatic carbocycles. The minimum Gasteiger partial charge on any atom is -0.483 e. The number of amides is 1. The number of allylic oxidation sites excluding steroid dienone is 1. The zero-order chi connectivity index (χ0) is 16.0. The van der Waals surface area contributed by atoms with E-state index in [4.69, 9.17) is 4.74 Å². The van der Waals surface area contributed by atoms with Gasteiger partial charge in [-0.15, -0.1) is 0 Å². The van der Waals surface area contributed by atoms with Gasteiger partial charge in [-0.3, -0.25) is 4.79 Å². The van der Waals surface area contributed by atoms with Gasteiger partial charge >= 0.3 is 0 Å². The standard InChI is InChI=1S/C20H25NO2/c1-3-21(4-2)20(22)19(23-12-13-8-6-5-7-9-13)17-14-10-15-16(11-14)18(15)17/h5-9,14-16,18H,3-4,10-12H2,1-2H3. The number of hydrogen-bond donors (Lipinski definition) is 0. The van der Waals surface area contributed by atoms with Crippen molar-refractivity contribution in [3.63, 3.8) is 0 Å². The Morgan fingerprint density at radius 2 is 1.78 bits per heavy atom. The molecule has 3 nitrogen and oxygen atoms in total. The second-order valence-corrected chi connectivity index (χ2v) is 7.06. The summed E-state index contributed by atoms with van der Waals surface area (Å²) in [5, 5.41) is 0. The lowest BCUT2D eigenvalue weighted by atomic mass is 10.0. The molecule has 5 rings (SSSR count). The number of likely N-dealkylation sites (N-methyl/N-ethyl adjacent to an activating group) is 1. The van der Waals surface area contributed by atoms with E-state index in [0.717, 1.165) is 30.5 Å². The molecule has 4 saturated carbocycles. The normalized spacial score (nSPS) is 31.9. The number of benzene rings is 1. The van der Waals surface area contributed by atoms with Crippen LogP contribution in [-0.2, 0) is 16.1 Å². The van der Waals surface area contributed by atoms with Crippen molar-refractivity contribution in [1.82, 2.24) is 4.90 Å². The smallest absolute Gasteiger partial charge is 0.288 e. The van der Waals surface area contributed by atoms with Crippen LogP contribution < -0.4 is 0 Å². The highest BCUT2D eigenvalue weighted by Crippen LogP contribution is 2.73. The summed E-state index contributed by atoms with van der Waals surface area (Å²) >= 11 is 0. The molecule has 4 aliphatic rings. The largest absolute Gasteiger partial charge is 0.483 e. The zero-order valence-corrected chi connectivity index (χ0v) is 14.0. The van der Waals surface area contributed by atoms with Crippen molar-refractivity contribution in [2.45, 2.75) is 33.3 Å². The number of carbonyl (C=O) groups excluding carboxylic acids is 1. The van der Waals surface area contributed by atoms with Crippen molar-refractivity contribution >= 4 is 5.91 Å². The maximum absolute atomic E-state index is 13.0.